The molecule has 2 aromatic rings. The standard InChI is InChI=1S/C18H22N3O3/c1-13(20-18(22)17-7-4-8-23-17)12-24-16-6-3-5-14(9-16)15-10-19-21(2)11-15/h5-6,9-11,13,17H,4,7-8,12H2,1-2H3,(H,20,22)/t13-,17+/m1/s1. The van der Waals surface area contributed by atoms with Gasteiger partial charge in [-0.25, -0.2) is 0 Å². The summed E-state index contributed by atoms with van der Waals surface area (Å²) in [4.78, 5) is 12.0. The number of aromatic nitrogens is 2. The van der Waals surface area contributed by atoms with Crippen LogP contribution in [-0.4, -0.2) is 41.0 Å². The molecular formula is C18H22N3O3. The van der Waals surface area contributed by atoms with E-state index < -0.39 is 0 Å². The third kappa shape index (κ3) is 4.14. The van der Waals surface area contributed by atoms with Crippen LogP contribution in [-0.2, 0) is 16.6 Å². The second-order valence-electron chi connectivity index (χ2n) is 6.08. The summed E-state index contributed by atoms with van der Waals surface area (Å²) in [6.45, 7) is 2.98. The van der Waals surface area contributed by atoms with Crippen molar-refractivity contribution < 1.29 is 14.3 Å². The van der Waals surface area contributed by atoms with E-state index >= 15 is 0 Å². The number of hydrogen-bond acceptors (Lipinski definition) is 4. The SMILES string of the molecule is C[C@H](COc1c[c]cc(-c2cnn(C)c2)c1)NC(=O)[C@@H]1CCCO1. The van der Waals surface area contributed by atoms with Crippen molar-refractivity contribution in [2.75, 3.05) is 13.2 Å². The molecule has 1 aromatic carbocycles. The van der Waals surface area contributed by atoms with Crippen LogP contribution >= 0.6 is 0 Å². The Morgan fingerprint density at radius 3 is 3.12 bits per heavy atom. The summed E-state index contributed by atoms with van der Waals surface area (Å²) in [5.41, 5.74) is 2.01. The van der Waals surface area contributed by atoms with E-state index in [0.29, 0.717) is 13.2 Å². The predicted octanol–water partition coefficient (Wildman–Crippen LogP) is 1.95. The van der Waals surface area contributed by atoms with Gasteiger partial charge in [0.2, 0.25) is 5.91 Å². The minimum Gasteiger partial charge on any atom is -0.491 e. The first kappa shape index (κ1) is 16.5. The molecular weight excluding hydrogens is 306 g/mol. The number of ether oxygens (including phenoxy) is 2. The summed E-state index contributed by atoms with van der Waals surface area (Å²) in [6.07, 6.45) is 5.17. The zero-order valence-corrected chi connectivity index (χ0v) is 14.0. The molecule has 0 spiro atoms. The van der Waals surface area contributed by atoms with Crippen LogP contribution < -0.4 is 10.1 Å². The van der Waals surface area contributed by atoms with Gasteiger partial charge in [0, 0.05) is 25.4 Å². The molecule has 1 N–H and O–H groups in total. The number of rotatable bonds is 6. The molecule has 1 fully saturated rings. The summed E-state index contributed by atoms with van der Waals surface area (Å²) in [5, 5.41) is 7.10. The van der Waals surface area contributed by atoms with Crippen molar-refractivity contribution in [3.63, 3.8) is 0 Å². The second-order valence-corrected chi connectivity index (χ2v) is 6.08. The van der Waals surface area contributed by atoms with Crippen LogP contribution in [0.4, 0.5) is 0 Å². The van der Waals surface area contributed by atoms with E-state index in [0.717, 1.165) is 29.7 Å². The van der Waals surface area contributed by atoms with Gasteiger partial charge in [0.15, 0.2) is 0 Å². The van der Waals surface area contributed by atoms with Gasteiger partial charge in [0.05, 0.1) is 12.2 Å². The minimum atomic E-state index is -0.310. The smallest absolute Gasteiger partial charge is 0.249 e. The van der Waals surface area contributed by atoms with E-state index in [1.165, 1.54) is 0 Å². The number of amides is 1. The fourth-order valence-electron chi connectivity index (χ4n) is 2.65. The van der Waals surface area contributed by atoms with Crippen molar-refractivity contribution in [2.45, 2.75) is 31.9 Å². The Kier molecular flexibility index (Phi) is 5.15. The van der Waals surface area contributed by atoms with Crippen molar-refractivity contribution >= 4 is 5.91 Å². The summed E-state index contributed by atoms with van der Waals surface area (Å²) >= 11 is 0. The normalized spacial score (nSPS) is 18.3. The third-order valence-corrected chi connectivity index (χ3v) is 3.91. The van der Waals surface area contributed by atoms with Crippen LogP contribution in [0.5, 0.6) is 5.75 Å². The van der Waals surface area contributed by atoms with Crippen molar-refractivity contribution in [2.24, 2.45) is 7.05 Å². The van der Waals surface area contributed by atoms with Gasteiger partial charge in [-0.15, -0.1) is 0 Å². The highest BCUT2D eigenvalue weighted by Crippen LogP contribution is 2.23. The van der Waals surface area contributed by atoms with E-state index in [1.807, 2.05) is 32.3 Å². The Balaban J connectivity index is 1.53. The molecule has 0 unspecified atom stereocenters. The summed E-state index contributed by atoms with van der Waals surface area (Å²) in [6, 6.07) is 8.61. The van der Waals surface area contributed by atoms with E-state index in [2.05, 4.69) is 16.5 Å². The Labute approximate surface area is 141 Å². The zero-order valence-electron chi connectivity index (χ0n) is 14.0. The van der Waals surface area contributed by atoms with E-state index in [1.54, 1.807) is 16.9 Å². The predicted molar refractivity (Wildman–Crippen MR) is 89.6 cm³/mol. The Bertz CT molecular complexity index is 692. The molecule has 1 aromatic heterocycles. The third-order valence-electron chi connectivity index (χ3n) is 3.91. The first-order valence-electron chi connectivity index (χ1n) is 8.17. The average Bonchev–Trinajstić information content (AvgIpc) is 3.25. The molecule has 1 aliphatic rings. The molecule has 6 heteroatoms. The molecule has 6 nitrogen and oxygen atoms in total. The van der Waals surface area contributed by atoms with Crippen molar-refractivity contribution in [1.82, 2.24) is 15.1 Å². The first-order valence-corrected chi connectivity index (χ1v) is 8.17. The van der Waals surface area contributed by atoms with Crippen molar-refractivity contribution in [3.8, 4) is 16.9 Å². The molecule has 24 heavy (non-hydrogen) atoms. The summed E-state index contributed by atoms with van der Waals surface area (Å²) in [7, 11) is 1.88. The number of hydrogen-bond donors (Lipinski definition) is 1. The molecule has 2 heterocycles. The highest BCUT2D eigenvalue weighted by Gasteiger charge is 2.24. The van der Waals surface area contributed by atoms with Crippen LogP contribution in [0.25, 0.3) is 11.1 Å². The topological polar surface area (TPSA) is 65.4 Å². The molecule has 1 amide bonds. The Hall–Kier alpha value is -2.34. The number of nitrogens with zero attached hydrogens (tertiary/aromatic N) is 2. The van der Waals surface area contributed by atoms with Crippen LogP contribution in [0.3, 0.4) is 0 Å². The van der Waals surface area contributed by atoms with Gasteiger partial charge >= 0.3 is 0 Å². The molecule has 2 atom stereocenters. The van der Waals surface area contributed by atoms with Gasteiger partial charge in [-0.05, 0) is 49.6 Å². The largest absolute Gasteiger partial charge is 0.491 e. The van der Waals surface area contributed by atoms with Gasteiger partial charge in [-0.1, -0.05) is 0 Å². The number of benzene rings is 1. The van der Waals surface area contributed by atoms with Crippen molar-refractivity contribution in [3.05, 3.63) is 36.7 Å². The Morgan fingerprint density at radius 1 is 1.54 bits per heavy atom. The lowest BCUT2D eigenvalue weighted by atomic mass is 10.1. The van der Waals surface area contributed by atoms with Crippen LogP contribution in [0, 0.1) is 6.07 Å². The number of carbonyl (C=O) groups is 1. The fourth-order valence-corrected chi connectivity index (χ4v) is 2.65. The maximum atomic E-state index is 12.0. The fraction of sp³-hybridized carbons (Fsp3) is 0.444. The van der Waals surface area contributed by atoms with Gasteiger partial charge in [-0.3, -0.25) is 9.48 Å². The summed E-state index contributed by atoms with van der Waals surface area (Å²) in [5.74, 6) is 0.661. The second kappa shape index (κ2) is 7.49. The number of aryl methyl sites for hydroxylation is 1. The maximum absolute atomic E-state index is 12.0. The monoisotopic (exact) mass is 328 g/mol. The quantitative estimate of drug-likeness (QED) is 0.880. The first-order chi connectivity index (χ1) is 11.6. The average molecular weight is 328 g/mol. The van der Waals surface area contributed by atoms with Gasteiger partial charge in [0.1, 0.15) is 18.5 Å². The molecule has 0 aliphatic carbocycles. The van der Waals surface area contributed by atoms with Crippen LogP contribution in [0.15, 0.2) is 30.6 Å². The van der Waals surface area contributed by atoms with Gasteiger partial charge < -0.3 is 14.8 Å². The highest BCUT2D eigenvalue weighted by molar-refractivity contribution is 5.81. The van der Waals surface area contributed by atoms with E-state index in [-0.39, 0.29) is 18.1 Å². The van der Waals surface area contributed by atoms with Gasteiger partial charge in [-0.2, -0.15) is 5.10 Å². The van der Waals surface area contributed by atoms with Crippen LogP contribution in [0.1, 0.15) is 19.8 Å². The van der Waals surface area contributed by atoms with Gasteiger partial charge in [0.25, 0.3) is 0 Å². The van der Waals surface area contributed by atoms with Crippen molar-refractivity contribution in [1.29, 1.82) is 0 Å². The lowest BCUT2D eigenvalue weighted by Gasteiger charge is -2.17. The molecule has 127 valence electrons. The molecule has 0 bridgehead atoms. The number of carbonyl (C=O) groups excluding carboxylic acids is 1. The zero-order chi connectivity index (χ0) is 16.9. The molecule has 1 saturated heterocycles. The lowest BCUT2D eigenvalue weighted by molar-refractivity contribution is -0.130. The highest BCUT2D eigenvalue weighted by atomic mass is 16.5. The molecule has 1 radical (unpaired) electrons. The molecule has 1 aliphatic heterocycles. The molecule has 0 saturated carbocycles. The maximum Gasteiger partial charge on any atom is 0.249 e. The number of nitrogens with one attached hydrogen (secondary N) is 1. The Morgan fingerprint density at radius 2 is 2.42 bits per heavy atom. The van der Waals surface area contributed by atoms with Crippen LogP contribution in [0.2, 0.25) is 0 Å². The van der Waals surface area contributed by atoms with E-state index in [9.17, 15) is 4.79 Å². The summed E-state index contributed by atoms with van der Waals surface area (Å²) < 4.78 is 12.9. The molecule has 3 rings (SSSR count). The lowest BCUT2D eigenvalue weighted by Crippen LogP contribution is -2.42. The minimum absolute atomic E-state index is 0.0562. The van der Waals surface area contributed by atoms with E-state index in [4.69, 9.17) is 9.47 Å².